The minimum Gasteiger partial charge on any atom is -0.462 e. The first-order valence-electron chi connectivity index (χ1n) is 31.2. The molecule has 0 radical (unpaired) electrons. The van der Waals surface area contributed by atoms with Crippen molar-refractivity contribution in [2.45, 2.75) is 277 Å². The normalized spacial score (nSPS) is 13.0. The Labute approximate surface area is 468 Å². The van der Waals surface area contributed by atoms with E-state index in [2.05, 4.69) is 154 Å². The van der Waals surface area contributed by atoms with Crippen molar-refractivity contribution in [2.75, 3.05) is 13.2 Å². The average Bonchev–Trinajstić information content (AvgIpc) is 3.42. The minimum atomic E-state index is -0.790. The monoisotopic (exact) mass is 1050 g/mol. The van der Waals surface area contributed by atoms with Crippen molar-refractivity contribution < 1.29 is 28.6 Å². The highest BCUT2D eigenvalue weighted by Crippen LogP contribution is 2.15. The van der Waals surface area contributed by atoms with Gasteiger partial charge in [-0.15, -0.1) is 0 Å². The zero-order valence-electron chi connectivity index (χ0n) is 49.2. The van der Waals surface area contributed by atoms with Gasteiger partial charge in [0.25, 0.3) is 0 Å². The number of carbonyl (C=O) groups excluding carboxylic acids is 3. The second-order valence-electron chi connectivity index (χ2n) is 20.2. The predicted molar refractivity (Wildman–Crippen MR) is 329 cm³/mol. The fraction of sp³-hybridized carbons (Fsp3) is 0.643. The van der Waals surface area contributed by atoms with Crippen LogP contribution in [0.3, 0.4) is 0 Å². The third kappa shape index (κ3) is 60.4. The van der Waals surface area contributed by atoms with E-state index in [-0.39, 0.29) is 31.1 Å². The summed E-state index contributed by atoms with van der Waals surface area (Å²) in [5.74, 6) is -0.911. The van der Waals surface area contributed by atoms with Crippen LogP contribution in [0.2, 0.25) is 0 Å². The molecule has 430 valence electrons. The van der Waals surface area contributed by atoms with E-state index in [1.807, 2.05) is 0 Å². The van der Waals surface area contributed by atoms with E-state index in [0.717, 1.165) is 141 Å². The molecule has 0 fully saturated rings. The number of unbranched alkanes of at least 4 members (excludes halogenated alkanes) is 22. The van der Waals surface area contributed by atoms with Crippen LogP contribution in [0, 0.1) is 0 Å². The molecule has 1 unspecified atom stereocenters. The highest BCUT2D eigenvalue weighted by Gasteiger charge is 2.19. The first-order chi connectivity index (χ1) is 37.5. The van der Waals surface area contributed by atoms with Gasteiger partial charge in [0, 0.05) is 19.3 Å². The lowest BCUT2D eigenvalue weighted by Crippen LogP contribution is -2.30. The number of carbonyl (C=O) groups is 3. The average molecular weight is 1050 g/mol. The Kier molecular flexibility index (Phi) is 59.4. The molecule has 0 aromatic rings. The van der Waals surface area contributed by atoms with Crippen LogP contribution in [0.25, 0.3) is 0 Å². The summed E-state index contributed by atoms with van der Waals surface area (Å²) in [6.45, 7) is 6.37. The number of allylic oxidation sites excluding steroid dienone is 22. The number of esters is 3. The molecule has 6 heteroatoms. The van der Waals surface area contributed by atoms with Crippen molar-refractivity contribution in [2.24, 2.45) is 0 Å². The van der Waals surface area contributed by atoms with E-state index < -0.39 is 6.10 Å². The number of rotatable bonds is 55. The summed E-state index contributed by atoms with van der Waals surface area (Å²) in [7, 11) is 0. The Morgan fingerprint density at radius 3 is 0.803 bits per heavy atom. The lowest BCUT2D eigenvalue weighted by molar-refractivity contribution is -0.167. The molecule has 6 nitrogen and oxygen atoms in total. The summed E-state index contributed by atoms with van der Waals surface area (Å²) in [6, 6.07) is 0. The van der Waals surface area contributed by atoms with Crippen LogP contribution in [0.1, 0.15) is 271 Å². The Morgan fingerprint density at radius 1 is 0.276 bits per heavy atom. The van der Waals surface area contributed by atoms with Crippen molar-refractivity contribution in [3.8, 4) is 0 Å². The van der Waals surface area contributed by atoms with E-state index >= 15 is 0 Å². The van der Waals surface area contributed by atoms with E-state index in [9.17, 15) is 14.4 Å². The molecule has 0 amide bonds. The summed E-state index contributed by atoms with van der Waals surface area (Å²) >= 11 is 0. The molecule has 0 rings (SSSR count). The fourth-order valence-electron chi connectivity index (χ4n) is 8.30. The molecular weight excluding hydrogens is 937 g/mol. The third-order valence-corrected chi connectivity index (χ3v) is 12.9. The summed E-state index contributed by atoms with van der Waals surface area (Å²) in [4.78, 5) is 38.1. The topological polar surface area (TPSA) is 78.9 Å². The van der Waals surface area contributed by atoms with Gasteiger partial charge in [-0.2, -0.15) is 0 Å². The molecule has 0 spiro atoms. The Bertz CT molecular complexity index is 1630. The molecule has 0 N–H and O–H groups in total. The van der Waals surface area contributed by atoms with E-state index in [1.165, 1.54) is 89.9 Å². The van der Waals surface area contributed by atoms with Crippen LogP contribution in [0.15, 0.2) is 134 Å². The molecule has 0 bridgehead atoms. The third-order valence-electron chi connectivity index (χ3n) is 12.9. The van der Waals surface area contributed by atoms with E-state index in [4.69, 9.17) is 14.2 Å². The number of hydrogen-bond acceptors (Lipinski definition) is 6. The van der Waals surface area contributed by atoms with Gasteiger partial charge in [0.15, 0.2) is 6.10 Å². The van der Waals surface area contributed by atoms with Crippen molar-refractivity contribution >= 4 is 17.9 Å². The molecule has 0 heterocycles. The zero-order chi connectivity index (χ0) is 55.0. The van der Waals surface area contributed by atoms with Gasteiger partial charge in [-0.05, 0) is 116 Å². The summed E-state index contributed by atoms with van der Waals surface area (Å²) in [5.41, 5.74) is 0. The molecule has 76 heavy (non-hydrogen) atoms. The van der Waals surface area contributed by atoms with E-state index in [1.54, 1.807) is 0 Å². The van der Waals surface area contributed by atoms with E-state index in [0.29, 0.717) is 19.3 Å². The van der Waals surface area contributed by atoms with Gasteiger partial charge in [0.2, 0.25) is 0 Å². The summed E-state index contributed by atoms with van der Waals surface area (Å²) in [6.07, 6.45) is 88.9. The summed E-state index contributed by atoms with van der Waals surface area (Å²) in [5, 5.41) is 0. The van der Waals surface area contributed by atoms with Crippen LogP contribution < -0.4 is 0 Å². The first kappa shape index (κ1) is 71.5. The molecule has 0 aliphatic rings. The SMILES string of the molecule is CC/C=C\C/C=C\C/C=C\C/C=C\C/C=C\C/C=C\CCCCCCCCCCC(=O)OCC(COC(=O)CCCCCCCCCC)OC(=O)CCCCCCCCC/C=C\C/C=C\C/C=C\C/C=C\C/C=C\CC. The first-order valence-corrected chi connectivity index (χ1v) is 31.2. The zero-order valence-corrected chi connectivity index (χ0v) is 49.2. The van der Waals surface area contributed by atoms with Gasteiger partial charge in [0.05, 0.1) is 0 Å². The molecule has 0 aliphatic carbocycles. The van der Waals surface area contributed by atoms with Gasteiger partial charge >= 0.3 is 17.9 Å². The van der Waals surface area contributed by atoms with Crippen molar-refractivity contribution in [1.82, 2.24) is 0 Å². The second-order valence-corrected chi connectivity index (χ2v) is 20.2. The predicted octanol–water partition coefficient (Wildman–Crippen LogP) is 21.4. The molecule has 0 saturated heterocycles. The maximum absolute atomic E-state index is 12.9. The molecule has 0 saturated carbocycles. The fourth-order valence-corrected chi connectivity index (χ4v) is 8.30. The maximum Gasteiger partial charge on any atom is 0.306 e. The molecular formula is C70H114O6. The van der Waals surface area contributed by atoms with Crippen LogP contribution in [0.5, 0.6) is 0 Å². The van der Waals surface area contributed by atoms with Gasteiger partial charge < -0.3 is 14.2 Å². The molecule has 0 aromatic heterocycles. The van der Waals surface area contributed by atoms with Crippen molar-refractivity contribution in [3.05, 3.63) is 134 Å². The Morgan fingerprint density at radius 2 is 0.513 bits per heavy atom. The van der Waals surface area contributed by atoms with Crippen molar-refractivity contribution in [3.63, 3.8) is 0 Å². The Balaban J connectivity index is 4.26. The maximum atomic E-state index is 12.9. The minimum absolute atomic E-state index is 0.0874. The van der Waals surface area contributed by atoms with Crippen LogP contribution >= 0.6 is 0 Å². The van der Waals surface area contributed by atoms with Crippen LogP contribution in [-0.2, 0) is 28.6 Å². The molecule has 1 atom stereocenters. The van der Waals surface area contributed by atoms with Gasteiger partial charge in [0.1, 0.15) is 13.2 Å². The molecule has 0 aliphatic heterocycles. The quantitative estimate of drug-likeness (QED) is 0.0261. The van der Waals surface area contributed by atoms with Gasteiger partial charge in [-0.1, -0.05) is 270 Å². The smallest absolute Gasteiger partial charge is 0.306 e. The Hall–Kier alpha value is -4.45. The van der Waals surface area contributed by atoms with Crippen LogP contribution in [0.4, 0.5) is 0 Å². The standard InChI is InChI=1S/C70H114O6/c1-4-7-10-13-16-19-21-23-25-27-29-31-33-34-35-36-38-39-41-43-45-47-49-51-54-57-60-63-69(72)75-66-67(65-74-68(71)62-59-56-53-18-15-12-9-6-3)76-70(73)64-61-58-55-52-50-48-46-44-42-40-37-32-30-28-26-24-22-20-17-14-11-8-5-2/h7-8,10-11,16-17,19-20,23-26,29-32,34-35,38-40,42,67H,4-6,9,12-15,18,21-22,27-28,33,36-37,41,43-66H2,1-3H3/b10-7-,11-8-,19-16-,20-17-,25-23-,26-24-,31-29-,32-30-,35-34-,39-38-,42-40-. The van der Waals surface area contributed by atoms with Crippen LogP contribution in [-0.4, -0.2) is 37.2 Å². The molecule has 0 aromatic carbocycles. The van der Waals surface area contributed by atoms with Crippen molar-refractivity contribution in [1.29, 1.82) is 0 Å². The second kappa shape index (κ2) is 63.1. The lowest BCUT2D eigenvalue weighted by Gasteiger charge is -2.18. The highest BCUT2D eigenvalue weighted by molar-refractivity contribution is 5.71. The number of hydrogen-bond donors (Lipinski definition) is 0. The lowest BCUT2D eigenvalue weighted by atomic mass is 10.1. The van der Waals surface area contributed by atoms with Gasteiger partial charge in [-0.3, -0.25) is 14.4 Å². The number of ether oxygens (including phenoxy) is 3. The summed E-state index contributed by atoms with van der Waals surface area (Å²) < 4.78 is 16.8. The highest BCUT2D eigenvalue weighted by atomic mass is 16.6. The van der Waals surface area contributed by atoms with Gasteiger partial charge in [-0.25, -0.2) is 0 Å². The largest absolute Gasteiger partial charge is 0.462 e.